The second-order valence-electron chi connectivity index (χ2n) is 4.72. The molecular formula is C14H11ClIN3O2S2. The molecule has 0 fully saturated rings. The highest BCUT2D eigenvalue weighted by atomic mass is 127. The molecule has 3 rings (SSSR count). The van der Waals surface area contributed by atoms with Crippen molar-refractivity contribution in [2.75, 3.05) is 6.26 Å². The van der Waals surface area contributed by atoms with Gasteiger partial charge in [0.05, 0.1) is 11.1 Å². The highest BCUT2D eigenvalue weighted by Crippen LogP contribution is 2.31. The van der Waals surface area contributed by atoms with Gasteiger partial charge in [-0.2, -0.15) is 4.98 Å². The number of aromatic nitrogens is 3. The molecule has 0 radical (unpaired) electrons. The van der Waals surface area contributed by atoms with Crippen LogP contribution in [0.4, 0.5) is 0 Å². The van der Waals surface area contributed by atoms with Crippen LogP contribution < -0.4 is 0 Å². The van der Waals surface area contributed by atoms with E-state index in [4.69, 9.17) is 11.6 Å². The minimum Gasteiger partial charge on any atom is -0.226 e. The SMILES string of the molecule is CSc1nc(Cl)nc2c1c(I)cn2S(=O)(=O)Cc1ccccc1. The van der Waals surface area contributed by atoms with Crippen molar-refractivity contribution >= 4 is 67.0 Å². The van der Waals surface area contributed by atoms with Gasteiger partial charge >= 0.3 is 0 Å². The zero-order valence-corrected chi connectivity index (χ0v) is 16.4. The third kappa shape index (κ3) is 3.35. The van der Waals surface area contributed by atoms with E-state index in [0.717, 1.165) is 9.13 Å². The molecular weight excluding hydrogens is 469 g/mol. The molecule has 0 spiro atoms. The Kier molecular flexibility index (Phi) is 4.86. The second-order valence-corrected chi connectivity index (χ2v) is 8.86. The van der Waals surface area contributed by atoms with Gasteiger partial charge in [-0.25, -0.2) is 17.4 Å². The zero-order valence-electron chi connectivity index (χ0n) is 11.9. The zero-order chi connectivity index (χ0) is 16.6. The van der Waals surface area contributed by atoms with Gasteiger partial charge in [-0.1, -0.05) is 30.3 Å². The molecule has 2 heterocycles. The maximum atomic E-state index is 12.8. The van der Waals surface area contributed by atoms with E-state index in [0.29, 0.717) is 16.1 Å². The van der Waals surface area contributed by atoms with Gasteiger partial charge in [0, 0.05) is 9.77 Å². The monoisotopic (exact) mass is 479 g/mol. The summed E-state index contributed by atoms with van der Waals surface area (Å²) in [6.45, 7) is 0. The number of hydrogen-bond donors (Lipinski definition) is 0. The van der Waals surface area contributed by atoms with Gasteiger partial charge in [-0.05, 0) is 46.0 Å². The molecule has 0 bridgehead atoms. The minimum atomic E-state index is -3.61. The molecule has 0 saturated heterocycles. The van der Waals surface area contributed by atoms with Gasteiger partial charge in [-0.3, -0.25) is 0 Å². The van der Waals surface area contributed by atoms with Crippen molar-refractivity contribution in [2.24, 2.45) is 0 Å². The van der Waals surface area contributed by atoms with E-state index in [1.807, 2.05) is 24.5 Å². The Hall–Kier alpha value is -0.840. The molecule has 0 aliphatic rings. The van der Waals surface area contributed by atoms with Crippen LogP contribution in [0.1, 0.15) is 5.56 Å². The summed E-state index contributed by atoms with van der Waals surface area (Å²) in [6.07, 6.45) is 3.43. The Morgan fingerprint density at radius 1 is 1.26 bits per heavy atom. The molecule has 0 aliphatic carbocycles. The third-order valence-electron chi connectivity index (χ3n) is 3.19. The summed E-state index contributed by atoms with van der Waals surface area (Å²) >= 11 is 9.44. The molecule has 120 valence electrons. The lowest BCUT2D eigenvalue weighted by molar-refractivity contribution is 0.588. The fourth-order valence-corrected chi connectivity index (χ4v) is 5.57. The smallest absolute Gasteiger partial charge is 0.226 e. The summed E-state index contributed by atoms with van der Waals surface area (Å²) in [4.78, 5) is 8.30. The normalized spacial score (nSPS) is 12.0. The van der Waals surface area contributed by atoms with Crippen molar-refractivity contribution in [1.82, 2.24) is 13.9 Å². The van der Waals surface area contributed by atoms with E-state index in [1.54, 1.807) is 18.3 Å². The molecule has 0 saturated carbocycles. The first-order chi connectivity index (χ1) is 10.9. The van der Waals surface area contributed by atoms with Crippen LogP contribution in [0.3, 0.4) is 0 Å². The molecule has 0 amide bonds. The summed E-state index contributed by atoms with van der Waals surface area (Å²) in [5, 5.41) is 1.41. The van der Waals surface area contributed by atoms with Crippen molar-refractivity contribution in [3.63, 3.8) is 0 Å². The Morgan fingerprint density at radius 3 is 2.61 bits per heavy atom. The van der Waals surface area contributed by atoms with Crippen molar-refractivity contribution < 1.29 is 8.42 Å². The van der Waals surface area contributed by atoms with Gasteiger partial charge in [0.2, 0.25) is 15.3 Å². The summed E-state index contributed by atoms with van der Waals surface area (Å²) in [5.41, 5.74) is 1.03. The highest BCUT2D eigenvalue weighted by molar-refractivity contribution is 14.1. The average Bonchev–Trinajstić information content (AvgIpc) is 2.85. The van der Waals surface area contributed by atoms with Crippen LogP contribution >= 0.6 is 46.0 Å². The van der Waals surface area contributed by atoms with Crippen LogP contribution in [0, 0.1) is 3.57 Å². The molecule has 1 aromatic carbocycles. The van der Waals surface area contributed by atoms with Gasteiger partial charge < -0.3 is 0 Å². The van der Waals surface area contributed by atoms with Crippen LogP contribution in [0.25, 0.3) is 11.0 Å². The number of benzene rings is 1. The van der Waals surface area contributed by atoms with Crippen molar-refractivity contribution in [1.29, 1.82) is 0 Å². The number of fused-ring (bicyclic) bond motifs is 1. The second kappa shape index (κ2) is 6.58. The van der Waals surface area contributed by atoms with E-state index in [9.17, 15) is 8.42 Å². The topological polar surface area (TPSA) is 64.8 Å². The van der Waals surface area contributed by atoms with Gasteiger partial charge in [0.25, 0.3) is 0 Å². The summed E-state index contributed by atoms with van der Waals surface area (Å²) in [6, 6.07) is 9.04. The Labute approximate surface area is 156 Å². The molecule has 23 heavy (non-hydrogen) atoms. The van der Waals surface area contributed by atoms with Crippen molar-refractivity contribution in [2.45, 2.75) is 10.8 Å². The first kappa shape index (κ1) is 17.0. The maximum Gasteiger partial charge on any atom is 0.244 e. The van der Waals surface area contributed by atoms with Gasteiger partial charge in [-0.15, -0.1) is 11.8 Å². The summed E-state index contributed by atoms with van der Waals surface area (Å²) in [7, 11) is -3.61. The van der Waals surface area contributed by atoms with Crippen LogP contribution in [-0.2, 0) is 15.8 Å². The standard InChI is InChI=1S/C14H11ClIN3O2S2/c1-22-13-11-10(16)7-19(12(11)17-14(15)18-13)23(20,21)8-9-5-3-2-4-6-9/h2-7H,8H2,1H3. The first-order valence-corrected chi connectivity index (χ1v) is 10.8. The maximum absolute atomic E-state index is 12.8. The molecule has 0 N–H and O–H groups in total. The summed E-state index contributed by atoms with van der Waals surface area (Å²) < 4.78 is 27.6. The lowest BCUT2D eigenvalue weighted by atomic mass is 10.2. The largest absolute Gasteiger partial charge is 0.244 e. The average molecular weight is 480 g/mol. The summed E-state index contributed by atoms with van der Waals surface area (Å²) in [5.74, 6) is -0.107. The molecule has 0 unspecified atom stereocenters. The number of rotatable bonds is 4. The van der Waals surface area contributed by atoms with E-state index in [1.165, 1.54) is 15.7 Å². The molecule has 0 aliphatic heterocycles. The van der Waals surface area contributed by atoms with Gasteiger partial charge in [0.1, 0.15) is 5.03 Å². The fraction of sp³-hybridized carbons (Fsp3) is 0.143. The number of thioether (sulfide) groups is 1. The third-order valence-corrected chi connectivity index (χ3v) is 6.44. The number of hydrogen-bond acceptors (Lipinski definition) is 5. The van der Waals surface area contributed by atoms with E-state index in [2.05, 4.69) is 32.6 Å². The predicted octanol–water partition coefficient (Wildman–Crippen LogP) is 3.79. The van der Waals surface area contributed by atoms with Crippen molar-refractivity contribution in [3.05, 3.63) is 50.9 Å². The number of nitrogens with zero attached hydrogens (tertiary/aromatic N) is 3. The van der Waals surface area contributed by atoms with Gasteiger partial charge in [0.15, 0.2) is 5.65 Å². The van der Waals surface area contributed by atoms with Crippen LogP contribution in [0.2, 0.25) is 5.28 Å². The number of halogens is 2. The molecule has 9 heteroatoms. The molecule has 3 aromatic rings. The molecule has 0 atom stereocenters. The Bertz CT molecular complexity index is 975. The van der Waals surface area contributed by atoms with E-state index >= 15 is 0 Å². The fourth-order valence-electron chi connectivity index (χ4n) is 2.21. The first-order valence-electron chi connectivity index (χ1n) is 6.47. The minimum absolute atomic E-state index is 0.0347. The molecule has 2 aromatic heterocycles. The highest BCUT2D eigenvalue weighted by Gasteiger charge is 2.22. The Balaban J connectivity index is 2.18. The van der Waals surface area contributed by atoms with Crippen LogP contribution in [0.15, 0.2) is 41.6 Å². The van der Waals surface area contributed by atoms with Crippen molar-refractivity contribution in [3.8, 4) is 0 Å². The quantitative estimate of drug-likeness (QED) is 0.247. The van der Waals surface area contributed by atoms with Crippen LogP contribution in [-0.4, -0.2) is 28.6 Å². The van der Waals surface area contributed by atoms with Crippen LogP contribution in [0.5, 0.6) is 0 Å². The molecule has 5 nitrogen and oxygen atoms in total. The predicted molar refractivity (Wildman–Crippen MR) is 101 cm³/mol. The lowest BCUT2D eigenvalue weighted by Crippen LogP contribution is -2.14. The van der Waals surface area contributed by atoms with E-state index in [-0.39, 0.29) is 11.0 Å². The lowest BCUT2D eigenvalue weighted by Gasteiger charge is -2.07. The van der Waals surface area contributed by atoms with E-state index < -0.39 is 10.0 Å². The Morgan fingerprint density at radius 2 is 1.96 bits per heavy atom.